The highest BCUT2D eigenvalue weighted by molar-refractivity contribution is 6.37. The van der Waals surface area contributed by atoms with Crippen LogP contribution in [-0.2, 0) is 16.2 Å². The van der Waals surface area contributed by atoms with Crippen LogP contribution in [0.2, 0.25) is 5.02 Å². The summed E-state index contributed by atoms with van der Waals surface area (Å²) in [7, 11) is 0. The van der Waals surface area contributed by atoms with Gasteiger partial charge in [-0.25, -0.2) is 0 Å². The Morgan fingerprint density at radius 2 is 0.831 bits per heavy atom. The molecule has 0 unspecified atom stereocenters. The largest absolute Gasteiger partial charge is 0.310 e. The van der Waals surface area contributed by atoms with Crippen molar-refractivity contribution >= 4 is 84.6 Å². The van der Waals surface area contributed by atoms with Gasteiger partial charge in [-0.2, -0.15) is 0 Å². The van der Waals surface area contributed by atoms with E-state index < -0.39 is 0 Å². The van der Waals surface area contributed by atoms with E-state index in [0.717, 1.165) is 62.4 Å². The summed E-state index contributed by atoms with van der Waals surface area (Å²) in [6.07, 6.45) is 0. The molecule has 0 saturated carbocycles. The summed E-state index contributed by atoms with van der Waals surface area (Å²) in [4.78, 5) is 7.13. The summed E-state index contributed by atoms with van der Waals surface area (Å²) < 4.78 is 2.43. The average molecular weight is 946 g/mol. The van der Waals surface area contributed by atoms with Gasteiger partial charge in [0, 0.05) is 39.2 Å². The van der Waals surface area contributed by atoms with Crippen LogP contribution in [0.5, 0.6) is 0 Å². The van der Waals surface area contributed by atoms with E-state index in [9.17, 15) is 0 Å². The molecule has 2 heterocycles. The highest BCUT2D eigenvalue weighted by Gasteiger charge is 2.33. The van der Waals surface area contributed by atoms with Crippen molar-refractivity contribution < 1.29 is 0 Å². The molecule has 0 aliphatic carbocycles. The SMILES string of the molecule is CC(C)(C)c1ccc(N(c2ccc(C(C)(C)C)cc2)c2cccc(N(c3ccc(-c4ccccc4)cc3)c3cc(C(C)(C)C)cc(N4c5ccccc5-n5c6ccccc6c6cccc4c65)c3Cl)c2)cc1. The van der Waals surface area contributed by atoms with Crippen LogP contribution in [0.3, 0.4) is 0 Å². The topological polar surface area (TPSA) is 14.7 Å². The molecule has 0 atom stereocenters. The van der Waals surface area contributed by atoms with Crippen molar-refractivity contribution in [1.29, 1.82) is 0 Å². The normalized spacial score (nSPS) is 12.6. The molecule has 4 nitrogen and oxygen atoms in total. The fourth-order valence-corrected chi connectivity index (χ4v) is 10.6. The van der Waals surface area contributed by atoms with E-state index in [0.29, 0.717) is 5.02 Å². The molecule has 1 aliphatic rings. The Morgan fingerprint density at radius 3 is 1.45 bits per heavy atom. The number of anilines is 9. The minimum Gasteiger partial charge on any atom is -0.310 e. The van der Waals surface area contributed by atoms with Gasteiger partial charge in [-0.15, -0.1) is 0 Å². The van der Waals surface area contributed by atoms with Crippen molar-refractivity contribution in [3.8, 4) is 16.8 Å². The third-order valence-corrected chi connectivity index (χ3v) is 14.6. The molecular weight excluding hydrogens is 884 g/mol. The van der Waals surface area contributed by atoms with Gasteiger partial charge < -0.3 is 19.3 Å². The Labute approximate surface area is 425 Å². The molecule has 1 aliphatic heterocycles. The molecule has 0 saturated heterocycles. The maximum atomic E-state index is 8.19. The molecule has 0 N–H and O–H groups in total. The number of benzene rings is 9. The van der Waals surface area contributed by atoms with Gasteiger partial charge in [0.1, 0.15) is 0 Å². The van der Waals surface area contributed by atoms with Crippen molar-refractivity contribution in [1.82, 2.24) is 4.57 Å². The minimum atomic E-state index is -0.232. The first kappa shape index (κ1) is 45.9. The van der Waals surface area contributed by atoms with Crippen LogP contribution in [0.25, 0.3) is 38.6 Å². The zero-order valence-electron chi connectivity index (χ0n) is 42.3. The number of para-hydroxylation sites is 4. The predicted molar refractivity (Wildman–Crippen MR) is 305 cm³/mol. The van der Waals surface area contributed by atoms with Crippen molar-refractivity contribution in [2.75, 3.05) is 14.7 Å². The molecule has 71 heavy (non-hydrogen) atoms. The number of hydrogen-bond acceptors (Lipinski definition) is 3. The molecule has 5 heteroatoms. The van der Waals surface area contributed by atoms with Crippen LogP contribution in [0.1, 0.15) is 79.0 Å². The molecule has 11 rings (SSSR count). The van der Waals surface area contributed by atoms with E-state index in [2.05, 4.69) is 288 Å². The first-order valence-electron chi connectivity index (χ1n) is 24.9. The number of halogens is 1. The summed E-state index contributed by atoms with van der Waals surface area (Å²) in [5.74, 6) is 0. The molecule has 0 amide bonds. The number of aromatic nitrogens is 1. The van der Waals surface area contributed by atoms with Gasteiger partial charge in [0.25, 0.3) is 0 Å². The van der Waals surface area contributed by atoms with E-state index in [-0.39, 0.29) is 16.2 Å². The third kappa shape index (κ3) is 8.24. The second-order valence-electron chi connectivity index (χ2n) is 22.1. The fourth-order valence-electron chi connectivity index (χ4n) is 10.3. The highest BCUT2D eigenvalue weighted by Crippen LogP contribution is 2.54. The van der Waals surface area contributed by atoms with Gasteiger partial charge in [-0.3, -0.25) is 0 Å². The van der Waals surface area contributed by atoms with Crippen molar-refractivity contribution in [3.05, 3.63) is 228 Å². The monoisotopic (exact) mass is 944 g/mol. The van der Waals surface area contributed by atoms with Gasteiger partial charge in [-0.05, 0) is 135 Å². The number of rotatable bonds is 8. The second-order valence-corrected chi connectivity index (χ2v) is 22.5. The molecule has 0 fully saturated rings. The van der Waals surface area contributed by atoms with E-state index in [1.165, 1.54) is 44.1 Å². The Kier molecular flexibility index (Phi) is 11.2. The molecule has 0 radical (unpaired) electrons. The quantitative estimate of drug-likeness (QED) is 0.151. The number of hydrogen-bond donors (Lipinski definition) is 0. The summed E-state index contributed by atoms with van der Waals surface area (Å²) >= 11 is 8.19. The van der Waals surface area contributed by atoms with E-state index in [4.69, 9.17) is 11.6 Å². The first-order chi connectivity index (χ1) is 34.0. The fraction of sp³-hybridized carbons (Fsp3) is 0.182. The number of nitrogens with zero attached hydrogens (tertiary/aromatic N) is 4. The molecule has 1 aromatic heterocycles. The number of fused-ring (bicyclic) bond motifs is 5. The Bertz CT molecular complexity index is 3530. The lowest BCUT2D eigenvalue weighted by Gasteiger charge is -2.36. The van der Waals surface area contributed by atoms with Gasteiger partial charge >= 0.3 is 0 Å². The standard InChI is InChI=1S/C66H61ClN4/c1-64(2,3)46-31-37-49(38-32-46)68(50-39-33-47(34-40-50)65(4,5)6)52-21-17-22-53(43-52)69(51-35-29-45(30-36-51)44-19-11-10-12-20-44)60-41-48(66(7,8)9)42-61(62(60)67)70-57-26-15-16-27-58(57)71-56-25-14-13-23-54(56)55-24-18-28-59(70)63(55)71/h10-43H,1-9H3. The predicted octanol–water partition coefficient (Wildman–Crippen LogP) is 19.7. The summed E-state index contributed by atoms with van der Waals surface area (Å²) in [6.45, 7) is 20.5. The van der Waals surface area contributed by atoms with E-state index >= 15 is 0 Å². The third-order valence-electron chi connectivity index (χ3n) is 14.2. The van der Waals surface area contributed by atoms with Gasteiger partial charge in [-0.1, -0.05) is 189 Å². The molecule has 0 bridgehead atoms. The summed E-state index contributed by atoms with van der Waals surface area (Å²) in [6, 6.07) is 75.3. The molecule has 0 spiro atoms. The van der Waals surface area contributed by atoms with Crippen LogP contribution in [-0.4, -0.2) is 4.57 Å². The summed E-state index contributed by atoms with van der Waals surface area (Å²) in [5, 5.41) is 3.09. The van der Waals surface area contributed by atoms with E-state index in [1.807, 2.05) is 0 Å². The van der Waals surface area contributed by atoms with Gasteiger partial charge in [0.15, 0.2) is 0 Å². The Balaban J connectivity index is 1.15. The van der Waals surface area contributed by atoms with Crippen LogP contribution in [0.4, 0.5) is 51.2 Å². The lowest BCUT2D eigenvalue weighted by Crippen LogP contribution is -2.21. The lowest BCUT2D eigenvalue weighted by molar-refractivity contribution is 0.590. The van der Waals surface area contributed by atoms with Crippen LogP contribution in [0.15, 0.2) is 206 Å². The maximum absolute atomic E-state index is 8.19. The average Bonchev–Trinajstić information content (AvgIpc) is 3.70. The van der Waals surface area contributed by atoms with Crippen molar-refractivity contribution in [3.63, 3.8) is 0 Å². The Hall–Kier alpha value is -7.53. The van der Waals surface area contributed by atoms with Crippen LogP contribution in [0, 0.1) is 0 Å². The zero-order valence-corrected chi connectivity index (χ0v) is 43.1. The minimum absolute atomic E-state index is 0.0229. The van der Waals surface area contributed by atoms with Crippen LogP contribution < -0.4 is 14.7 Å². The van der Waals surface area contributed by atoms with Gasteiger partial charge in [0.2, 0.25) is 0 Å². The molecular formula is C66H61ClN4. The summed E-state index contributed by atoms with van der Waals surface area (Å²) in [5.41, 5.74) is 18.5. The lowest BCUT2D eigenvalue weighted by atomic mass is 9.86. The molecule has 10 aromatic rings. The molecule has 9 aromatic carbocycles. The van der Waals surface area contributed by atoms with E-state index in [1.54, 1.807) is 0 Å². The maximum Gasteiger partial charge on any atom is 0.0887 e. The van der Waals surface area contributed by atoms with Gasteiger partial charge in [0.05, 0.1) is 44.5 Å². The van der Waals surface area contributed by atoms with Crippen LogP contribution >= 0.6 is 11.6 Å². The smallest absolute Gasteiger partial charge is 0.0887 e. The molecule has 352 valence electrons. The Morgan fingerprint density at radius 1 is 0.352 bits per heavy atom. The zero-order chi connectivity index (χ0) is 49.4. The first-order valence-corrected chi connectivity index (χ1v) is 25.2. The second kappa shape index (κ2) is 17.4. The van der Waals surface area contributed by atoms with Crippen molar-refractivity contribution in [2.24, 2.45) is 0 Å². The highest BCUT2D eigenvalue weighted by atomic mass is 35.5. The van der Waals surface area contributed by atoms with Crippen molar-refractivity contribution in [2.45, 2.75) is 78.6 Å².